The van der Waals surface area contributed by atoms with E-state index in [9.17, 15) is 4.79 Å². The van der Waals surface area contributed by atoms with Gasteiger partial charge in [-0.05, 0) is 41.4 Å². The highest BCUT2D eigenvalue weighted by molar-refractivity contribution is 5.86. The molecule has 5 heteroatoms. The first-order valence-corrected chi connectivity index (χ1v) is 10.2. The van der Waals surface area contributed by atoms with Gasteiger partial charge in [-0.3, -0.25) is 9.69 Å². The van der Waals surface area contributed by atoms with Crippen LogP contribution in [0.25, 0.3) is 5.57 Å². The molecule has 0 radical (unpaired) electrons. The van der Waals surface area contributed by atoms with E-state index in [0.29, 0.717) is 6.61 Å². The van der Waals surface area contributed by atoms with E-state index in [-0.39, 0.29) is 12.4 Å². The molecule has 1 saturated heterocycles. The zero-order valence-corrected chi connectivity index (χ0v) is 17.2. The minimum atomic E-state index is -0.233. The molecule has 0 saturated carbocycles. The van der Waals surface area contributed by atoms with Crippen LogP contribution in [0.1, 0.15) is 22.3 Å². The van der Waals surface area contributed by atoms with Gasteiger partial charge in [0.05, 0.1) is 13.5 Å². The highest BCUT2D eigenvalue weighted by Crippen LogP contribution is 2.37. The molecule has 2 heterocycles. The normalized spacial score (nSPS) is 18.5. The van der Waals surface area contributed by atoms with Crippen molar-refractivity contribution in [2.75, 3.05) is 46.9 Å². The standard InChI is InChI=1S/C24H28N2O3/c1-25-11-13-26(14-12-25)10-9-21-20-6-4-3-5-19(20)17-29-23-8-7-18(15-22(21)23)16-24(27)28-2/h3-9,15H,10-14,16-17H2,1-2H3/b21-9+. The number of esters is 1. The highest BCUT2D eigenvalue weighted by atomic mass is 16.5. The Balaban J connectivity index is 1.70. The predicted octanol–water partition coefficient (Wildman–Crippen LogP) is 2.97. The number of ether oxygens (including phenoxy) is 2. The molecule has 0 atom stereocenters. The van der Waals surface area contributed by atoms with Crippen molar-refractivity contribution in [2.45, 2.75) is 13.0 Å². The first kappa shape index (κ1) is 19.7. The third kappa shape index (κ3) is 4.52. The van der Waals surface area contributed by atoms with Crippen molar-refractivity contribution in [3.05, 3.63) is 70.8 Å². The molecule has 1 fully saturated rings. The summed E-state index contributed by atoms with van der Waals surface area (Å²) < 4.78 is 11.0. The minimum absolute atomic E-state index is 0.233. The molecule has 2 aliphatic heterocycles. The molecule has 0 aliphatic carbocycles. The van der Waals surface area contributed by atoms with Gasteiger partial charge in [-0.2, -0.15) is 0 Å². The Labute approximate surface area is 172 Å². The summed E-state index contributed by atoms with van der Waals surface area (Å²) in [7, 11) is 3.60. The molecule has 0 unspecified atom stereocenters. The van der Waals surface area contributed by atoms with E-state index >= 15 is 0 Å². The van der Waals surface area contributed by atoms with Gasteiger partial charge in [0.1, 0.15) is 12.4 Å². The van der Waals surface area contributed by atoms with Crippen molar-refractivity contribution >= 4 is 11.5 Å². The zero-order chi connectivity index (χ0) is 20.2. The Kier molecular flexibility index (Phi) is 5.97. The fraction of sp³-hybridized carbons (Fsp3) is 0.375. The van der Waals surface area contributed by atoms with Crippen LogP contribution < -0.4 is 4.74 Å². The van der Waals surface area contributed by atoms with Crippen LogP contribution in [0.3, 0.4) is 0 Å². The lowest BCUT2D eigenvalue weighted by Crippen LogP contribution is -2.44. The number of carbonyl (C=O) groups is 1. The van der Waals surface area contributed by atoms with E-state index in [2.05, 4.69) is 53.3 Å². The van der Waals surface area contributed by atoms with Crippen molar-refractivity contribution in [1.82, 2.24) is 9.80 Å². The van der Waals surface area contributed by atoms with Gasteiger partial charge in [0.25, 0.3) is 0 Å². The molecule has 0 N–H and O–H groups in total. The second-order valence-corrected chi connectivity index (χ2v) is 7.75. The molecule has 4 rings (SSSR count). The van der Waals surface area contributed by atoms with E-state index in [4.69, 9.17) is 9.47 Å². The molecule has 29 heavy (non-hydrogen) atoms. The summed E-state index contributed by atoms with van der Waals surface area (Å²) in [6.45, 7) is 5.80. The lowest BCUT2D eigenvalue weighted by atomic mass is 9.92. The number of carbonyl (C=O) groups excluding carboxylic acids is 1. The average Bonchev–Trinajstić information content (AvgIpc) is 2.90. The molecular formula is C24H28N2O3. The van der Waals surface area contributed by atoms with Crippen molar-refractivity contribution in [3.8, 4) is 5.75 Å². The van der Waals surface area contributed by atoms with Gasteiger partial charge in [-0.15, -0.1) is 0 Å². The van der Waals surface area contributed by atoms with Gasteiger partial charge >= 0.3 is 5.97 Å². The van der Waals surface area contributed by atoms with Gasteiger partial charge in [0, 0.05) is 38.3 Å². The summed E-state index contributed by atoms with van der Waals surface area (Å²) in [5, 5.41) is 0. The van der Waals surface area contributed by atoms with Gasteiger partial charge in [0.2, 0.25) is 0 Å². The minimum Gasteiger partial charge on any atom is -0.488 e. The van der Waals surface area contributed by atoms with Crippen molar-refractivity contribution in [2.24, 2.45) is 0 Å². The van der Waals surface area contributed by atoms with E-state index < -0.39 is 0 Å². The molecule has 152 valence electrons. The summed E-state index contributed by atoms with van der Waals surface area (Å²) in [5.74, 6) is 0.627. The zero-order valence-electron chi connectivity index (χ0n) is 17.2. The summed E-state index contributed by atoms with van der Waals surface area (Å²) in [4.78, 5) is 16.6. The number of nitrogens with zero attached hydrogens (tertiary/aromatic N) is 2. The summed E-state index contributed by atoms with van der Waals surface area (Å²) in [6, 6.07) is 14.4. The monoisotopic (exact) mass is 392 g/mol. The molecule has 0 spiro atoms. The van der Waals surface area contributed by atoms with Crippen LogP contribution in [0.2, 0.25) is 0 Å². The first-order chi connectivity index (χ1) is 14.1. The highest BCUT2D eigenvalue weighted by Gasteiger charge is 2.21. The molecule has 2 aliphatic rings. The summed E-state index contributed by atoms with van der Waals surface area (Å²) in [5.41, 5.74) is 5.55. The van der Waals surface area contributed by atoms with E-state index in [1.165, 1.54) is 23.8 Å². The Morgan fingerprint density at radius 3 is 2.69 bits per heavy atom. The van der Waals surface area contributed by atoms with Crippen LogP contribution in [0.15, 0.2) is 48.5 Å². The molecular weight excluding hydrogens is 364 g/mol. The topological polar surface area (TPSA) is 42.0 Å². The third-order valence-electron chi connectivity index (χ3n) is 5.75. The largest absolute Gasteiger partial charge is 0.488 e. The lowest BCUT2D eigenvalue weighted by Gasteiger charge is -2.31. The smallest absolute Gasteiger partial charge is 0.309 e. The molecule has 2 aromatic carbocycles. The number of piperazine rings is 1. The van der Waals surface area contributed by atoms with Crippen LogP contribution in [0, 0.1) is 0 Å². The van der Waals surface area contributed by atoms with Gasteiger partial charge in [-0.1, -0.05) is 36.4 Å². The van der Waals surface area contributed by atoms with Crippen LogP contribution in [0.4, 0.5) is 0 Å². The Hall–Kier alpha value is -2.63. The van der Waals surface area contributed by atoms with Crippen molar-refractivity contribution < 1.29 is 14.3 Å². The summed E-state index contributed by atoms with van der Waals surface area (Å²) in [6.07, 6.45) is 2.58. The number of methoxy groups -OCH3 is 1. The lowest BCUT2D eigenvalue weighted by molar-refractivity contribution is -0.139. The van der Waals surface area contributed by atoms with E-state index in [0.717, 1.165) is 49.6 Å². The Bertz CT molecular complexity index is 914. The number of rotatable bonds is 4. The molecule has 0 bridgehead atoms. The van der Waals surface area contributed by atoms with Crippen LogP contribution >= 0.6 is 0 Å². The van der Waals surface area contributed by atoms with Gasteiger partial charge in [0.15, 0.2) is 0 Å². The van der Waals surface area contributed by atoms with Crippen molar-refractivity contribution in [3.63, 3.8) is 0 Å². The maximum atomic E-state index is 11.8. The van der Waals surface area contributed by atoms with Crippen LogP contribution in [0.5, 0.6) is 5.75 Å². The second-order valence-electron chi connectivity index (χ2n) is 7.75. The van der Waals surface area contributed by atoms with E-state index in [1.807, 2.05) is 12.1 Å². The number of fused-ring (bicyclic) bond motifs is 2. The maximum Gasteiger partial charge on any atom is 0.309 e. The van der Waals surface area contributed by atoms with Gasteiger partial charge in [-0.25, -0.2) is 0 Å². The van der Waals surface area contributed by atoms with Crippen LogP contribution in [-0.4, -0.2) is 62.7 Å². The molecule has 0 amide bonds. The second kappa shape index (κ2) is 8.80. The molecule has 0 aromatic heterocycles. The third-order valence-corrected chi connectivity index (χ3v) is 5.75. The number of likely N-dealkylation sites (N-methyl/N-ethyl adjacent to an activating group) is 1. The Morgan fingerprint density at radius 1 is 1.10 bits per heavy atom. The van der Waals surface area contributed by atoms with Gasteiger partial charge < -0.3 is 14.4 Å². The quantitative estimate of drug-likeness (QED) is 0.749. The maximum absolute atomic E-state index is 11.8. The number of hydrogen-bond acceptors (Lipinski definition) is 5. The number of hydrogen-bond donors (Lipinski definition) is 0. The number of benzene rings is 2. The van der Waals surface area contributed by atoms with Crippen molar-refractivity contribution in [1.29, 1.82) is 0 Å². The first-order valence-electron chi connectivity index (χ1n) is 10.2. The summed E-state index contributed by atoms with van der Waals surface area (Å²) >= 11 is 0. The molecule has 5 nitrogen and oxygen atoms in total. The van der Waals surface area contributed by atoms with E-state index in [1.54, 1.807) is 0 Å². The Morgan fingerprint density at radius 2 is 1.90 bits per heavy atom. The molecule has 2 aromatic rings. The SMILES string of the molecule is COC(=O)Cc1ccc2c(c1)/C(=C/CN1CCN(C)CC1)c1ccccc1CO2. The van der Waals surface area contributed by atoms with Crippen LogP contribution in [-0.2, 0) is 22.6 Å². The predicted molar refractivity (Wildman–Crippen MR) is 114 cm³/mol. The fourth-order valence-corrected chi connectivity index (χ4v) is 3.94. The average molecular weight is 392 g/mol. The fourth-order valence-electron chi connectivity index (χ4n) is 3.94.